The maximum Gasteiger partial charge on any atom is 0.294 e. The van der Waals surface area contributed by atoms with Crippen LogP contribution in [0.2, 0.25) is 0 Å². The van der Waals surface area contributed by atoms with Crippen LogP contribution >= 0.6 is 11.8 Å². The molecule has 0 atom stereocenters. The fraction of sp³-hybridized carbons (Fsp3) is 0.192. The van der Waals surface area contributed by atoms with E-state index in [0.29, 0.717) is 5.69 Å². The molecular weight excluding hydrogens is 450 g/mol. The molecule has 0 spiro atoms. The number of phenols is 1. The highest BCUT2D eigenvalue weighted by atomic mass is 32.2. The first-order valence-corrected chi connectivity index (χ1v) is 11.6. The molecular formula is C26H25N3O4S. The number of rotatable bonds is 5. The lowest BCUT2D eigenvalue weighted by Crippen LogP contribution is -2.36. The number of aromatic hydroxyl groups is 1. The third-order valence-corrected chi connectivity index (χ3v) is 6.69. The van der Waals surface area contributed by atoms with Crippen molar-refractivity contribution in [2.75, 3.05) is 11.9 Å². The van der Waals surface area contributed by atoms with E-state index in [9.17, 15) is 19.5 Å². The summed E-state index contributed by atoms with van der Waals surface area (Å²) >= 11 is 0.829. The Kier molecular flexibility index (Phi) is 6.34. The van der Waals surface area contributed by atoms with E-state index in [1.165, 1.54) is 0 Å². The fourth-order valence-corrected chi connectivity index (χ4v) is 4.87. The molecule has 1 aromatic heterocycles. The first-order chi connectivity index (χ1) is 16.2. The number of carbonyl (C=O) groups is 3. The number of para-hydroxylation sites is 1. The Morgan fingerprint density at radius 3 is 2.32 bits per heavy atom. The smallest absolute Gasteiger partial charge is 0.294 e. The Bertz CT molecular complexity index is 1320. The van der Waals surface area contributed by atoms with Crippen LogP contribution in [-0.4, -0.2) is 38.2 Å². The minimum absolute atomic E-state index is 0.182. The number of aromatic nitrogens is 1. The van der Waals surface area contributed by atoms with E-state index in [2.05, 4.69) is 5.32 Å². The van der Waals surface area contributed by atoms with E-state index >= 15 is 0 Å². The molecule has 0 bridgehead atoms. The average Bonchev–Trinajstić information content (AvgIpc) is 3.21. The first-order valence-electron chi connectivity index (χ1n) is 10.8. The van der Waals surface area contributed by atoms with Gasteiger partial charge in [0.25, 0.3) is 11.1 Å². The van der Waals surface area contributed by atoms with E-state index in [0.717, 1.165) is 50.4 Å². The number of hydrogen-bond acceptors (Lipinski definition) is 5. The van der Waals surface area contributed by atoms with Gasteiger partial charge in [-0.3, -0.25) is 19.3 Å². The zero-order valence-electron chi connectivity index (χ0n) is 19.4. The molecule has 34 heavy (non-hydrogen) atoms. The van der Waals surface area contributed by atoms with Crippen molar-refractivity contribution in [1.82, 2.24) is 9.47 Å². The van der Waals surface area contributed by atoms with Crippen LogP contribution in [0, 0.1) is 27.7 Å². The van der Waals surface area contributed by atoms with E-state index in [1.807, 2.05) is 68.7 Å². The van der Waals surface area contributed by atoms with Gasteiger partial charge in [0.05, 0.1) is 4.91 Å². The molecule has 1 aliphatic heterocycles. The molecule has 3 amide bonds. The molecule has 1 fully saturated rings. The highest BCUT2D eigenvalue weighted by Crippen LogP contribution is 2.34. The number of carbonyl (C=O) groups excluding carboxylic acids is 3. The normalized spacial score (nSPS) is 14.8. The lowest BCUT2D eigenvalue weighted by atomic mass is 10.1. The van der Waals surface area contributed by atoms with E-state index < -0.39 is 17.1 Å². The van der Waals surface area contributed by atoms with Crippen LogP contribution in [0.1, 0.15) is 28.1 Å². The van der Waals surface area contributed by atoms with Gasteiger partial charge >= 0.3 is 0 Å². The Morgan fingerprint density at radius 2 is 1.68 bits per heavy atom. The molecule has 0 aliphatic carbocycles. The topological polar surface area (TPSA) is 91.6 Å². The van der Waals surface area contributed by atoms with Crippen LogP contribution in [0.15, 0.2) is 53.4 Å². The molecule has 1 aliphatic rings. The van der Waals surface area contributed by atoms with Crippen molar-refractivity contribution in [3.05, 3.63) is 81.5 Å². The molecule has 4 rings (SSSR count). The third-order valence-electron chi connectivity index (χ3n) is 5.79. The number of hydrogen-bond donors (Lipinski definition) is 2. The molecule has 2 heterocycles. The predicted octanol–water partition coefficient (Wildman–Crippen LogP) is 5.09. The molecule has 0 saturated carbocycles. The summed E-state index contributed by atoms with van der Waals surface area (Å²) in [6.07, 6.45) is 1.69. The van der Waals surface area contributed by atoms with Crippen molar-refractivity contribution in [2.24, 2.45) is 0 Å². The molecule has 8 heteroatoms. The van der Waals surface area contributed by atoms with Crippen LogP contribution in [0.3, 0.4) is 0 Å². The van der Waals surface area contributed by atoms with Gasteiger partial charge in [-0.15, -0.1) is 0 Å². The average molecular weight is 476 g/mol. The van der Waals surface area contributed by atoms with E-state index in [1.54, 1.807) is 18.2 Å². The number of nitrogens with zero attached hydrogens (tertiary/aromatic N) is 2. The van der Waals surface area contributed by atoms with Gasteiger partial charge in [0.2, 0.25) is 5.91 Å². The van der Waals surface area contributed by atoms with Gasteiger partial charge in [-0.2, -0.15) is 0 Å². The number of phenolic OH excluding ortho intramolecular Hbond substituents is 1. The van der Waals surface area contributed by atoms with Gasteiger partial charge in [-0.25, -0.2) is 0 Å². The van der Waals surface area contributed by atoms with Gasteiger partial charge in [0.1, 0.15) is 12.3 Å². The number of benzene rings is 2. The van der Waals surface area contributed by atoms with Gasteiger partial charge in [-0.05, 0) is 92.6 Å². The van der Waals surface area contributed by atoms with Crippen molar-refractivity contribution in [3.8, 4) is 11.4 Å². The highest BCUT2D eigenvalue weighted by Gasteiger charge is 2.36. The Morgan fingerprint density at radius 1 is 1.03 bits per heavy atom. The second-order valence-electron chi connectivity index (χ2n) is 8.26. The van der Waals surface area contributed by atoms with Crippen molar-refractivity contribution in [2.45, 2.75) is 27.7 Å². The molecule has 2 N–H and O–H groups in total. The van der Waals surface area contributed by atoms with Crippen molar-refractivity contribution in [3.63, 3.8) is 0 Å². The van der Waals surface area contributed by atoms with Gasteiger partial charge in [0, 0.05) is 22.8 Å². The second kappa shape index (κ2) is 9.23. The lowest BCUT2D eigenvalue weighted by molar-refractivity contribution is -0.127. The minimum Gasteiger partial charge on any atom is -0.508 e. The summed E-state index contributed by atoms with van der Waals surface area (Å²) in [5.41, 5.74) is 6.03. The van der Waals surface area contributed by atoms with Crippen molar-refractivity contribution in [1.29, 1.82) is 0 Å². The van der Waals surface area contributed by atoms with Crippen LogP contribution in [0.5, 0.6) is 5.75 Å². The summed E-state index contributed by atoms with van der Waals surface area (Å²) in [6.45, 7) is 7.30. The zero-order valence-corrected chi connectivity index (χ0v) is 20.2. The summed E-state index contributed by atoms with van der Waals surface area (Å²) in [4.78, 5) is 39.3. The van der Waals surface area contributed by atoms with Crippen LogP contribution < -0.4 is 5.32 Å². The van der Waals surface area contributed by atoms with Crippen molar-refractivity contribution >= 4 is 40.6 Å². The standard InChI is InChI=1S/C26H25N3O4S/c1-15-6-5-7-16(2)24(15)27-23(31)14-28-25(32)22(34-26(28)33)13-19-12-17(3)29(18(19)4)20-8-10-21(30)11-9-20/h5-13,30H,14H2,1-4H3,(H,27,31)/b22-13-. The van der Waals surface area contributed by atoms with Gasteiger partial charge in [0.15, 0.2) is 0 Å². The summed E-state index contributed by atoms with van der Waals surface area (Å²) in [7, 11) is 0. The fourth-order valence-electron chi connectivity index (χ4n) is 4.04. The Hall–Kier alpha value is -3.78. The molecule has 0 radical (unpaired) electrons. The van der Waals surface area contributed by atoms with Crippen LogP contribution in [0.4, 0.5) is 10.5 Å². The van der Waals surface area contributed by atoms with Crippen molar-refractivity contribution < 1.29 is 19.5 Å². The largest absolute Gasteiger partial charge is 0.508 e. The predicted molar refractivity (Wildman–Crippen MR) is 134 cm³/mol. The van der Waals surface area contributed by atoms with Gasteiger partial charge in [-0.1, -0.05) is 18.2 Å². The van der Waals surface area contributed by atoms with E-state index in [4.69, 9.17) is 0 Å². The SMILES string of the molecule is Cc1cccc(C)c1NC(=O)CN1C(=O)S/C(=C\c2cc(C)n(-c3ccc(O)cc3)c2C)C1=O. The molecule has 7 nitrogen and oxygen atoms in total. The number of amides is 3. The zero-order chi connectivity index (χ0) is 24.6. The monoisotopic (exact) mass is 475 g/mol. The quantitative estimate of drug-likeness (QED) is 0.502. The minimum atomic E-state index is -0.485. The number of nitrogens with one attached hydrogen (secondary N) is 1. The molecule has 0 unspecified atom stereocenters. The van der Waals surface area contributed by atoms with Crippen LogP contribution in [-0.2, 0) is 9.59 Å². The maximum absolute atomic E-state index is 13.0. The third kappa shape index (κ3) is 4.49. The van der Waals surface area contributed by atoms with Gasteiger partial charge < -0.3 is 15.0 Å². The summed E-state index contributed by atoms with van der Waals surface area (Å²) in [5.74, 6) is -0.728. The molecule has 174 valence electrons. The van der Waals surface area contributed by atoms with Crippen LogP contribution in [0.25, 0.3) is 11.8 Å². The highest BCUT2D eigenvalue weighted by molar-refractivity contribution is 8.18. The molecule has 3 aromatic rings. The number of thioether (sulfide) groups is 1. The molecule has 2 aromatic carbocycles. The van der Waals surface area contributed by atoms with E-state index in [-0.39, 0.29) is 17.2 Å². The second-order valence-corrected chi connectivity index (χ2v) is 9.25. The maximum atomic E-state index is 13.0. The summed E-state index contributed by atoms with van der Waals surface area (Å²) in [5, 5.41) is 11.9. The summed E-state index contributed by atoms with van der Waals surface area (Å²) in [6, 6.07) is 14.5. The Balaban J connectivity index is 1.54. The Labute approximate surface area is 202 Å². The number of imide groups is 1. The summed E-state index contributed by atoms with van der Waals surface area (Å²) < 4.78 is 2.01. The first kappa shape index (κ1) is 23.4. The lowest BCUT2D eigenvalue weighted by Gasteiger charge is -2.15. The number of aryl methyl sites for hydroxylation is 3. The molecule has 1 saturated heterocycles. The number of anilines is 1.